The van der Waals surface area contributed by atoms with Gasteiger partial charge < -0.3 is 4.74 Å². The Morgan fingerprint density at radius 3 is 2.57 bits per heavy atom. The molecular weight excluding hydrogens is 335 g/mol. The van der Waals surface area contributed by atoms with Gasteiger partial charge in [0.25, 0.3) is 0 Å². The predicted octanol–water partition coefficient (Wildman–Crippen LogP) is 4.48. The van der Waals surface area contributed by atoms with Crippen LogP contribution in [0.1, 0.15) is 24.2 Å². The van der Waals surface area contributed by atoms with Crippen LogP contribution in [0.4, 0.5) is 4.39 Å². The van der Waals surface area contributed by atoms with Crippen molar-refractivity contribution in [2.24, 2.45) is 0 Å². The van der Waals surface area contributed by atoms with Crippen LogP contribution in [0, 0.1) is 5.82 Å². The zero-order chi connectivity index (χ0) is 15.2. The van der Waals surface area contributed by atoms with E-state index in [2.05, 4.69) is 15.9 Å². The van der Waals surface area contributed by atoms with Crippen molar-refractivity contribution < 1.29 is 13.9 Å². The third kappa shape index (κ3) is 3.99. The van der Waals surface area contributed by atoms with Crippen LogP contribution < -0.4 is 0 Å². The van der Waals surface area contributed by atoms with E-state index in [-0.39, 0.29) is 18.0 Å². The summed E-state index contributed by atoms with van der Waals surface area (Å²) in [6.07, 6.45) is -0.496. The number of hydrogen-bond donors (Lipinski definition) is 0. The lowest BCUT2D eigenvalue weighted by molar-refractivity contribution is -0.130. The second-order valence-corrected chi connectivity index (χ2v) is 5.40. The number of rotatable bonds is 6. The Morgan fingerprint density at radius 2 is 1.90 bits per heavy atom. The molecule has 1 atom stereocenters. The minimum Gasteiger partial charge on any atom is -0.366 e. The van der Waals surface area contributed by atoms with Gasteiger partial charge in [-0.25, -0.2) is 4.39 Å². The van der Waals surface area contributed by atoms with Crippen LogP contribution in [0.15, 0.2) is 53.0 Å². The molecule has 0 heterocycles. The molecule has 0 aromatic heterocycles. The summed E-state index contributed by atoms with van der Waals surface area (Å²) in [6.45, 7) is 2.29. The van der Waals surface area contributed by atoms with Gasteiger partial charge in [-0.1, -0.05) is 42.5 Å². The molecule has 21 heavy (non-hydrogen) atoms. The molecule has 0 radical (unpaired) electrons. The summed E-state index contributed by atoms with van der Waals surface area (Å²) in [7, 11) is 0. The summed E-state index contributed by atoms with van der Waals surface area (Å²) in [5.74, 6) is -0.456. The Hall–Kier alpha value is -1.52. The van der Waals surface area contributed by atoms with E-state index >= 15 is 0 Å². The van der Waals surface area contributed by atoms with Gasteiger partial charge >= 0.3 is 0 Å². The lowest BCUT2D eigenvalue weighted by Crippen LogP contribution is -2.18. The number of halogens is 2. The monoisotopic (exact) mass is 350 g/mol. The molecule has 110 valence electrons. The van der Waals surface area contributed by atoms with Gasteiger partial charge in [-0.05, 0) is 40.0 Å². The number of benzene rings is 2. The zero-order valence-electron chi connectivity index (χ0n) is 11.7. The van der Waals surface area contributed by atoms with E-state index in [0.29, 0.717) is 16.6 Å². The Morgan fingerprint density at radius 1 is 1.19 bits per heavy atom. The Bertz CT molecular complexity index is 613. The maximum atomic E-state index is 13.5. The van der Waals surface area contributed by atoms with Crippen LogP contribution in [0.25, 0.3) is 0 Å². The molecule has 4 heteroatoms. The number of hydrogen-bond acceptors (Lipinski definition) is 2. The highest BCUT2D eigenvalue weighted by atomic mass is 79.9. The molecular formula is C17H16BrFO2. The quantitative estimate of drug-likeness (QED) is 0.767. The molecule has 1 unspecified atom stereocenters. The number of ketones is 1. The molecule has 2 rings (SSSR count). The molecule has 0 spiro atoms. The Labute approximate surface area is 132 Å². The normalized spacial score (nSPS) is 12.1. The first-order valence-corrected chi connectivity index (χ1v) is 7.55. The van der Waals surface area contributed by atoms with Gasteiger partial charge in [0.05, 0.1) is 4.47 Å². The van der Waals surface area contributed by atoms with Gasteiger partial charge in [-0.3, -0.25) is 4.79 Å². The molecule has 0 saturated carbocycles. The number of carbonyl (C=O) groups excluding carboxylic acids is 1. The van der Waals surface area contributed by atoms with Crippen molar-refractivity contribution in [3.05, 3.63) is 69.9 Å². The van der Waals surface area contributed by atoms with Crippen LogP contribution in [0.3, 0.4) is 0 Å². The summed E-state index contributed by atoms with van der Waals surface area (Å²) in [5, 5.41) is 0. The fourth-order valence-corrected chi connectivity index (χ4v) is 2.54. The van der Waals surface area contributed by atoms with E-state index in [4.69, 9.17) is 4.74 Å². The van der Waals surface area contributed by atoms with E-state index in [0.717, 1.165) is 5.56 Å². The third-order valence-corrected chi connectivity index (χ3v) is 4.01. The standard InChI is InChI=1S/C17H16BrFO2/c1-2-21-17(12-7-4-3-5-8-12)15(20)11-13-9-6-10-14(19)16(13)18/h3-10,17H,2,11H2,1H3. The fourth-order valence-electron chi connectivity index (χ4n) is 2.13. The van der Waals surface area contributed by atoms with Crippen LogP contribution in [-0.2, 0) is 16.0 Å². The second kappa shape index (κ2) is 7.48. The van der Waals surface area contributed by atoms with E-state index in [9.17, 15) is 9.18 Å². The van der Waals surface area contributed by atoms with Gasteiger partial charge in [-0.2, -0.15) is 0 Å². The Balaban J connectivity index is 2.21. The van der Waals surface area contributed by atoms with Gasteiger partial charge in [0, 0.05) is 13.0 Å². The zero-order valence-corrected chi connectivity index (χ0v) is 13.3. The summed E-state index contributed by atoms with van der Waals surface area (Å²) in [4.78, 5) is 12.5. The number of ether oxygens (including phenoxy) is 1. The van der Waals surface area contributed by atoms with Gasteiger partial charge in [0.1, 0.15) is 11.9 Å². The molecule has 0 fully saturated rings. The smallest absolute Gasteiger partial charge is 0.170 e. The molecule has 0 N–H and O–H groups in total. The van der Waals surface area contributed by atoms with E-state index < -0.39 is 6.10 Å². The predicted molar refractivity (Wildman–Crippen MR) is 83.6 cm³/mol. The maximum Gasteiger partial charge on any atom is 0.170 e. The molecule has 2 nitrogen and oxygen atoms in total. The van der Waals surface area contributed by atoms with Crippen molar-refractivity contribution in [3.63, 3.8) is 0 Å². The van der Waals surface area contributed by atoms with Gasteiger partial charge in [0.15, 0.2) is 5.78 Å². The van der Waals surface area contributed by atoms with Crippen molar-refractivity contribution in [3.8, 4) is 0 Å². The van der Waals surface area contributed by atoms with Crippen LogP contribution >= 0.6 is 15.9 Å². The highest BCUT2D eigenvalue weighted by Gasteiger charge is 2.22. The molecule has 0 aliphatic heterocycles. The van der Waals surface area contributed by atoms with Crippen molar-refractivity contribution in [1.82, 2.24) is 0 Å². The minimum absolute atomic E-state index is 0.0886. The minimum atomic E-state index is -0.619. The van der Waals surface area contributed by atoms with E-state index in [1.165, 1.54) is 6.07 Å². The first-order chi connectivity index (χ1) is 10.1. The van der Waals surface area contributed by atoms with Crippen LogP contribution in [0.2, 0.25) is 0 Å². The first-order valence-electron chi connectivity index (χ1n) is 6.75. The summed E-state index contributed by atoms with van der Waals surface area (Å²) in [5.41, 5.74) is 1.44. The van der Waals surface area contributed by atoms with Gasteiger partial charge in [0.2, 0.25) is 0 Å². The van der Waals surface area contributed by atoms with Crippen molar-refractivity contribution in [2.45, 2.75) is 19.4 Å². The summed E-state index contributed by atoms with van der Waals surface area (Å²) in [6, 6.07) is 14.0. The first kappa shape index (κ1) is 15.9. The topological polar surface area (TPSA) is 26.3 Å². The Kier molecular flexibility index (Phi) is 5.65. The lowest BCUT2D eigenvalue weighted by atomic mass is 10.00. The maximum absolute atomic E-state index is 13.5. The average Bonchev–Trinajstić information content (AvgIpc) is 2.50. The molecule has 2 aromatic carbocycles. The number of Topliss-reactive ketones (excluding diaryl/α,β-unsaturated/α-hetero) is 1. The van der Waals surface area contributed by atoms with Crippen molar-refractivity contribution in [1.29, 1.82) is 0 Å². The molecule has 0 amide bonds. The number of carbonyl (C=O) groups is 1. The second-order valence-electron chi connectivity index (χ2n) is 4.60. The van der Waals surface area contributed by atoms with Crippen LogP contribution in [0.5, 0.6) is 0 Å². The van der Waals surface area contributed by atoms with Crippen LogP contribution in [-0.4, -0.2) is 12.4 Å². The average molecular weight is 351 g/mol. The highest BCUT2D eigenvalue weighted by Crippen LogP contribution is 2.25. The molecule has 0 saturated heterocycles. The van der Waals surface area contributed by atoms with E-state index in [1.807, 2.05) is 37.3 Å². The molecule has 0 aliphatic rings. The SMILES string of the molecule is CCOC(C(=O)Cc1cccc(F)c1Br)c1ccccc1. The summed E-state index contributed by atoms with van der Waals surface area (Å²) < 4.78 is 19.4. The molecule has 2 aromatic rings. The highest BCUT2D eigenvalue weighted by molar-refractivity contribution is 9.10. The lowest BCUT2D eigenvalue weighted by Gasteiger charge is -2.16. The summed E-state index contributed by atoms with van der Waals surface area (Å²) >= 11 is 3.19. The van der Waals surface area contributed by atoms with Crippen molar-refractivity contribution >= 4 is 21.7 Å². The fraction of sp³-hybridized carbons (Fsp3) is 0.235. The largest absolute Gasteiger partial charge is 0.366 e. The molecule has 0 bridgehead atoms. The van der Waals surface area contributed by atoms with Crippen molar-refractivity contribution in [2.75, 3.05) is 6.61 Å². The molecule has 0 aliphatic carbocycles. The van der Waals surface area contributed by atoms with E-state index in [1.54, 1.807) is 12.1 Å². The van der Waals surface area contributed by atoms with Gasteiger partial charge in [-0.15, -0.1) is 0 Å². The third-order valence-electron chi connectivity index (χ3n) is 3.12.